The number of hydrogen-bond acceptors (Lipinski definition) is 4. The van der Waals surface area contributed by atoms with Crippen molar-refractivity contribution in [3.05, 3.63) is 46.2 Å². The first-order chi connectivity index (χ1) is 10.0. The number of nitrogens with zero attached hydrogens (tertiary/aromatic N) is 1. The second-order valence-electron chi connectivity index (χ2n) is 4.34. The van der Waals surface area contributed by atoms with Gasteiger partial charge < -0.3 is 14.8 Å². The Labute approximate surface area is 131 Å². The summed E-state index contributed by atoms with van der Waals surface area (Å²) in [5, 5.41) is 2.82. The Morgan fingerprint density at radius 3 is 2.43 bits per heavy atom. The Morgan fingerprint density at radius 2 is 1.86 bits per heavy atom. The number of anilines is 1. The van der Waals surface area contributed by atoms with Gasteiger partial charge in [-0.15, -0.1) is 0 Å². The largest absolute Gasteiger partial charge is 0.493 e. The van der Waals surface area contributed by atoms with Gasteiger partial charge in [-0.2, -0.15) is 0 Å². The number of aryl methyl sites for hydroxylation is 1. The summed E-state index contributed by atoms with van der Waals surface area (Å²) in [6, 6.07) is 6.95. The van der Waals surface area contributed by atoms with Crippen LogP contribution in [0, 0.1) is 6.92 Å². The zero-order valence-corrected chi connectivity index (χ0v) is 13.5. The van der Waals surface area contributed by atoms with E-state index in [2.05, 4.69) is 26.2 Å². The Kier molecular flexibility index (Phi) is 4.80. The first-order valence-electron chi connectivity index (χ1n) is 6.20. The molecule has 0 atom stereocenters. The molecule has 0 saturated carbocycles. The van der Waals surface area contributed by atoms with Crippen molar-refractivity contribution in [3.63, 3.8) is 0 Å². The van der Waals surface area contributed by atoms with Crippen LogP contribution in [0.5, 0.6) is 11.5 Å². The molecule has 0 aliphatic heterocycles. The number of ether oxygens (including phenoxy) is 2. The number of halogens is 1. The molecular weight excluding hydrogens is 336 g/mol. The van der Waals surface area contributed by atoms with E-state index in [1.807, 2.05) is 13.0 Å². The van der Waals surface area contributed by atoms with E-state index in [0.29, 0.717) is 22.9 Å². The number of amides is 1. The summed E-state index contributed by atoms with van der Waals surface area (Å²) in [6.07, 6.45) is 1.58. The highest BCUT2D eigenvalue weighted by atomic mass is 79.9. The molecule has 1 amide bonds. The van der Waals surface area contributed by atoms with Crippen LogP contribution in [0.1, 0.15) is 16.1 Å². The average molecular weight is 351 g/mol. The normalized spacial score (nSPS) is 10.1. The molecule has 0 aliphatic carbocycles. The zero-order valence-electron chi connectivity index (χ0n) is 11.9. The van der Waals surface area contributed by atoms with Gasteiger partial charge in [0.1, 0.15) is 5.69 Å². The van der Waals surface area contributed by atoms with Crippen LogP contribution in [0.3, 0.4) is 0 Å². The van der Waals surface area contributed by atoms with Crippen LogP contribution >= 0.6 is 15.9 Å². The number of carbonyl (C=O) groups is 1. The predicted octanol–water partition coefficient (Wildman–Crippen LogP) is 3.42. The fraction of sp³-hybridized carbons (Fsp3) is 0.200. The van der Waals surface area contributed by atoms with Crippen LogP contribution in [-0.2, 0) is 0 Å². The lowest BCUT2D eigenvalue weighted by atomic mass is 10.1. The number of benzene rings is 1. The van der Waals surface area contributed by atoms with Crippen LogP contribution in [0.25, 0.3) is 0 Å². The SMILES string of the molecule is COc1cc(C)c(NC(=O)c2ccc(Br)cn2)cc1OC. The van der Waals surface area contributed by atoms with Gasteiger partial charge in [0.25, 0.3) is 5.91 Å². The standard InChI is InChI=1S/C15H15BrN2O3/c1-9-6-13(20-2)14(21-3)7-12(9)18-15(19)11-5-4-10(16)8-17-11/h4-8H,1-3H3,(H,18,19). The Bertz CT molecular complexity index is 657. The third-order valence-electron chi connectivity index (χ3n) is 2.94. The van der Waals surface area contributed by atoms with E-state index in [9.17, 15) is 4.79 Å². The summed E-state index contributed by atoms with van der Waals surface area (Å²) in [4.78, 5) is 16.2. The van der Waals surface area contributed by atoms with Crippen molar-refractivity contribution in [1.82, 2.24) is 4.98 Å². The number of rotatable bonds is 4. The first-order valence-corrected chi connectivity index (χ1v) is 7.00. The smallest absolute Gasteiger partial charge is 0.274 e. The maximum Gasteiger partial charge on any atom is 0.274 e. The summed E-state index contributed by atoms with van der Waals surface area (Å²) in [5.74, 6) is 0.898. The topological polar surface area (TPSA) is 60.5 Å². The molecule has 0 bridgehead atoms. The van der Waals surface area contributed by atoms with Crippen LogP contribution < -0.4 is 14.8 Å². The van der Waals surface area contributed by atoms with Crippen LogP contribution in [-0.4, -0.2) is 25.1 Å². The molecule has 110 valence electrons. The summed E-state index contributed by atoms with van der Waals surface area (Å²) in [7, 11) is 3.12. The number of methoxy groups -OCH3 is 2. The molecule has 1 N–H and O–H groups in total. The predicted molar refractivity (Wildman–Crippen MR) is 84.2 cm³/mol. The molecule has 0 radical (unpaired) electrons. The molecule has 21 heavy (non-hydrogen) atoms. The summed E-state index contributed by atoms with van der Waals surface area (Å²) >= 11 is 3.28. The molecular formula is C15H15BrN2O3. The maximum atomic E-state index is 12.2. The lowest BCUT2D eigenvalue weighted by molar-refractivity contribution is 0.102. The van der Waals surface area contributed by atoms with Gasteiger partial charge in [-0.3, -0.25) is 4.79 Å². The third-order valence-corrected chi connectivity index (χ3v) is 3.41. The molecule has 1 aromatic carbocycles. The third kappa shape index (κ3) is 3.52. The molecule has 1 aromatic heterocycles. The minimum atomic E-state index is -0.280. The van der Waals surface area contributed by atoms with Crippen molar-refractivity contribution in [1.29, 1.82) is 0 Å². The molecule has 5 nitrogen and oxygen atoms in total. The van der Waals surface area contributed by atoms with E-state index in [1.54, 1.807) is 38.6 Å². The van der Waals surface area contributed by atoms with Gasteiger partial charge in [0.05, 0.1) is 14.2 Å². The van der Waals surface area contributed by atoms with Gasteiger partial charge in [-0.25, -0.2) is 4.98 Å². The fourth-order valence-electron chi connectivity index (χ4n) is 1.81. The zero-order chi connectivity index (χ0) is 15.4. The van der Waals surface area contributed by atoms with Crippen LogP contribution in [0.2, 0.25) is 0 Å². The minimum absolute atomic E-state index is 0.280. The lowest BCUT2D eigenvalue weighted by Crippen LogP contribution is -2.14. The number of carbonyl (C=O) groups excluding carboxylic acids is 1. The van der Waals surface area contributed by atoms with E-state index in [0.717, 1.165) is 10.0 Å². The molecule has 0 spiro atoms. The van der Waals surface area contributed by atoms with Crippen LogP contribution in [0.4, 0.5) is 5.69 Å². The number of aromatic nitrogens is 1. The van der Waals surface area contributed by atoms with Gasteiger partial charge in [0.2, 0.25) is 0 Å². The van der Waals surface area contributed by atoms with E-state index in [-0.39, 0.29) is 5.91 Å². The van der Waals surface area contributed by atoms with Gasteiger partial charge in [0.15, 0.2) is 11.5 Å². The highest BCUT2D eigenvalue weighted by molar-refractivity contribution is 9.10. The second kappa shape index (κ2) is 6.58. The van der Waals surface area contributed by atoms with Gasteiger partial charge in [-0.1, -0.05) is 0 Å². The molecule has 1 heterocycles. The van der Waals surface area contributed by atoms with Gasteiger partial charge >= 0.3 is 0 Å². The highest BCUT2D eigenvalue weighted by Gasteiger charge is 2.13. The number of pyridine rings is 1. The molecule has 0 saturated heterocycles. The van der Waals surface area contributed by atoms with Crippen molar-refractivity contribution in [2.75, 3.05) is 19.5 Å². The molecule has 0 fully saturated rings. The average Bonchev–Trinajstić information content (AvgIpc) is 2.49. The quantitative estimate of drug-likeness (QED) is 0.917. The maximum absolute atomic E-state index is 12.2. The molecule has 2 aromatic rings. The highest BCUT2D eigenvalue weighted by Crippen LogP contribution is 2.33. The van der Waals surface area contributed by atoms with Crippen molar-refractivity contribution >= 4 is 27.5 Å². The fourth-order valence-corrected chi connectivity index (χ4v) is 2.05. The van der Waals surface area contributed by atoms with Crippen LogP contribution in [0.15, 0.2) is 34.9 Å². The van der Waals surface area contributed by atoms with E-state index >= 15 is 0 Å². The molecule has 6 heteroatoms. The van der Waals surface area contributed by atoms with E-state index < -0.39 is 0 Å². The van der Waals surface area contributed by atoms with E-state index in [1.165, 1.54) is 0 Å². The monoisotopic (exact) mass is 350 g/mol. The van der Waals surface area contributed by atoms with Crippen molar-refractivity contribution < 1.29 is 14.3 Å². The van der Waals surface area contributed by atoms with Crippen molar-refractivity contribution in [2.45, 2.75) is 6.92 Å². The molecule has 0 unspecified atom stereocenters. The van der Waals surface area contributed by atoms with Crippen molar-refractivity contribution in [3.8, 4) is 11.5 Å². The van der Waals surface area contributed by atoms with Crippen molar-refractivity contribution in [2.24, 2.45) is 0 Å². The Hall–Kier alpha value is -2.08. The Morgan fingerprint density at radius 1 is 1.19 bits per heavy atom. The minimum Gasteiger partial charge on any atom is -0.493 e. The van der Waals surface area contributed by atoms with Gasteiger partial charge in [-0.05, 0) is 46.6 Å². The van der Waals surface area contributed by atoms with E-state index in [4.69, 9.17) is 9.47 Å². The number of nitrogens with one attached hydrogen (secondary N) is 1. The Balaban J connectivity index is 2.26. The first kappa shape index (κ1) is 15.3. The molecule has 2 rings (SSSR count). The lowest BCUT2D eigenvalue weighted by Gasteiger charge is -2.13. The second-order valence-corrected chi connectivity index (χ2v) is 5.25. The summed E-state index contributed by atoms with van der Waals surface area (Å²) in [5.41, 5.74) is 1.87. The summed E-state index contributed by atoms with van der Waals surface area (Å²) in [6.45, 7) is 1.88. The molecule has 0 aliphatic rings. The summed E-state index contributed by atoms with van der Waals surface area (Å²) < 4.78 is 11.3. The number of hydrogen-bond donors (Lipinski definition) is 1. The van der Waals surface area contributed by atoms with Gasteiger partial charge in [0, 0.05) is 22.4 Å².